The number of benzene rings is 1. The van der Waals surface area contributed by atoms with Crippen molar-refractivity contribution in [3.63, 3.8) is 0 Å². The highest BCUT2D eigenvalue weighted by Crippen LogP contribution is 2.31. The number of pyridine rings is 1. The molecule has 2 aromatic heterocycles. The zero-order chi connectivity index (χ0) is 23.3. The molecule has 32 heavy (non-hydrogen) atoms. The average Bonchev–Trinajstić information content (AvgIpc) is 3.09. The summed E-state index contributed by atoms with van der Waals surface area (Å²) >= 11 is 0. The summed E-state index contributed by atoms with van der Waals surface area (Å²) in [6.45, 7) is 5.67. The van der Waals surface area contributed by atoms with E-state index in [1.165, 1.54) is 7.11 Å². The van der Waals surface area contributed by atoms with Crippen molar-refractivity contribution < 1.29 is 28.9 Å². The van der Waals surface area contributed by atoms with Crippen LogP contribution in [0, 0.1) is 0 Å². The van der Waals surface area contributed by atoms with Crippen LogP contribution >= 0.6 is 0 Å². The topological polar surface area (TPSA) is 125 Å². The van der Waals surface area contributed by atoms with Crippen LogP contribution in [0.15, 0.2) is 24.3 Å². The summed E-state index contributed by atoms with van der Waals surface area (Å²) in [5, 5.41) is 14.1. The Balaban J connectivity index is 2.06. The van der Waals surface area contributed by atoms with Crippen molar-refractivity contribution in [2.24, 2.45) is 0 Å². The van der Waals surface area contributed by atoms with Gasteiger partial charge >= 0.3 is 5.97 Å². The summed E-state index contributed by atoms with van der Waals surface area (Å²) < 4.78 is 17.1. The van der Waals surface area contributed by atoms with Gasteiger partial charge in [0.25, 0.3) is 5.91 Å². The molecule has 2 N–H and O–H groups in total. The smallest absolute Gasteiger partial charge is 0.331 e. The fraction of sp³-hybridized carbons (Fsp3) is 0.455. The number of fused-ring (bicyclic) bond motifs is 3. The number of carbonyl (C=O) groups is 2. The first kappa shape index (κ1) is 23.6. The maximum atomic E-state index is 12.4. The minimum Gasteiger partial charge on any atom is -0.467 e. The molecule has 10 heteroatoms. The van der Waals surface area contributed by atoms with Gasteiger partial charge in [-0.15, -0.1) is 0 Å². The molecule has 0 aliphatic rings. The Morgan fingerprint density at radius 1 is 1.16 bits per heavy atom. The number of esters is 1. The van der Waals surface area contributed by atoms with E-state index in [9.17, 15) is 14.7 Å². The number of nitrogens with one attached hydrogen (secondary N) is 1. The number of carbonyl (C=O) groups excluding carboxylic acids is 2. The van der Waals surface area contributed by atoms with Crippen molar-refractivity contribution in [2.45, 2.75) is 39.5 Å². The van der Waals surface area contributed by atoms with Crippen LogP contribution in [0.3, 0.4) is 0 Å². The van der Waals surface area contributed by atoms with Crippen LogP contribution in [0.1, 0.15) is 26.6 Å². The Hall–Kier alpha value is -3.08. The lowest BCUT2D eigenvalue weighted by molar-refractivity contribution is -0.146. The molecule has 10 nitrogen and oxygen atoms in total. The third kappa shape index (κ3) is 5.58. The van der Waals surface area contributed by atoms with Crippen molar-refractivity contribution >= 4 is 39.6 Å². The molecule has 0 saturated carbocycles. The van der Waals surface area contributed by atoms with E-state index in [0.29, 0.717) is 23.5 Å². The summed E-state index contributed by atoms with van der Waals surface area (Å²) in [6, 6.07) is 7.50. The molecule has 1 amide bonds. The molecule has 0 radical (unpaired) electrons. The molecule has 172 valence electrons. The number of aromatic nitrogens is 3. The van der Waals surface area contributed by atoms with Gasteiger partial charge in [-0.25, -0.2) is 14.8 Å². The van der Waals surface area contributed by atoms with E-state index in [0.717, 1.165) is 10.9 Å². The average molecular weight is 444 g/mol. The Morgan fingerprint density at radius 2 is 1.91 bits per heavy atom. The predicted octanol–water partition coefficient (Wildman–Crippen LogP) is 2.02. The van der Waals surface area contributed by atoms with Gasteiger partial charge < -0.3 is 29.2 Å². The van der Waals surface area contributed by atoms with Crippen LogP contribution < -0.4 is 5.32 Å². The zero-order valence-corrected chi connectivity index (χ0v) is 18.7. The van der Waals surface area contributed by atoms with Crippen molar-refractivity contribution in [3.05, 3.63) is 30.1 Å². The van der Waals surface area contributed by atoms with Crippen LogP contribution in [-0.2, 0) is 37.0 Å². The number of methoxy groups -OCH3 is 1. The van der Waals surface area contributed by atoms with E-state index in [1.807, 2.05) is 35.8 Å². The number of ether oxygens (including phenoxy) is 3. The molecule has 0 fully saturated rings. The molecule has 3 rings (SSSR count). The fourth-order valence-corrected chi connectivity index (χ4v) is 3.28. The summed E-state index contributed by atoms with van der Waals surface area (Å²) in [5.41, 5.74) is 0.859. The highest BCUT2D eigenvalue weighted by Gasteiger charge is 2.23. The molecular weight excluding hydrogens is 416 g/mol. The Bertz CT molecular complexity index is 1120. The van der Waals surface area contributed by atoms with E-state index in [1.54, 1.807) is 13.8 Å². The number of para-hydroxylation sites is 1. The SMILES string of the molecule is CCOCc1nc2c(NC(=O)COCC(=O)OC)nc3ccccc3c2n1CC(C)(C)O. The molecule has 0 bridgehead atoms. The number of anilines is 1. The number of hydrogen-bond donors (Lipinski definition) is 2. The second-order valence-electron chi connectivity index (χ2n) is 7.86. The first-order chi connectivity index (χ1) is 15.2. The lowest BCUT2D eigenvalue weighted by atomic mass is 10.1. The highest BCUT2D eigenvalue weighted by atomic mass is 16.6. The number of rotatable bonds is 10. The summed E-state index contributed by atoms with van der Waals surface area (Å²) in [7, 11) is 1.24. The minimum absolute atomic E-state index is 0.241. The lowest BCUT2D eigenvalue weighted by Crippen LogP contribution is -2.27. The third-order valence-electron chi connectivity index (χ3n) is 4.58. The lowest BCUT2D eigenvalue weighted by Gasteiger charge is -2.20. The largest absolute Gasteiger partial charge is 0.467 e. The molecule has 0 atom stereocenters. The standard InChI is InChI=1S/C22H28N4O6/c1-5-31-10-16-24-19-20(26(16)13-22(2,3)29)14-8-6-7-9-15(14)23-21(19)25-17(27)11-32-12-18(28)30-4/h6-9,29H,5,10-13H2,1-4H3,(H,23,25,27). The molecular formula is C22H28N4O6. The maximum absolute atomic E-state index is 12.4. The van der Waals surface area contributed by atoms with Crippen molar-refractivity contribution in [1.82, 2.24) is 14.5 Å². The van der Waals surface area contributed by atoms with Gasteiger partial charge in [-0.2, -0.15) is 0 Å². The van der Waals surface area contributed by atoms with Gasteiger partial charge in [-0.05, 0) is 26.8 Å². The number of aliphatic hydroxyl groups is 1. The van der Waals surface area contributed by atoms with E-state index >= 15 is 0 Å². The Kier molecular flexibility index (Phi) is 7.39. The van der Waals surface area contributed by atoms with Gasteiger partial charge in [-0.1, -0.05) is 18.2 Å². The second-order valence-corrected chi connectivity index (χ2v) is 7.86. The van der Waals surface area contributed by atoms with Crippen molar-refractivity contribution in [3.8, 4) is 0 Å². The van der Waals surface area contributed by atoms with Crippen LogP contribution in [0.4, 0.5) is 5.82 Å². The highest BCUT2D eigenvalue weighted by molar-refractivity contribution is 6.09. The molecule has 0 unspecified atom stereocenters. The number of amides is 1. The van der Waals surface area contributed by atoms with E-state index in [2.05, 4.69) is 15.0 Å². The zero-order valence-electron chi connectivity index (χ0n) is 18.7. The monoisotopic (exact) mass is 444 g/mol. The van der Waals surface area contributed by atoms with Gasteiger partial charge in [-0.3, -0.25) is 4.79 Å². The van der Waals surface area contributed by atoms with Crippen LogP contribution in [-0.4, -0.2) is 64.0 Å². The maximum Gasteiger partial charge on any atom is 0.331 e. The second kappa shape index (κ2) is 10.0. The molecule has 0 saturated heterocycles. The Morgan fingerprint density at radius 3 is 2.59 bits per heavy atom. The molecule has 0 aliphatic heterocycles. The molecule has 3 aromatic rings. The number of hydrogen-bond acceptors (Lipinski definition) is 8. The Labute approximate surface area is 185 Å². The predicted molar refractivity (Wildman–Crippen MR) is 118 cm³/mol. The van der Waals surface area contributed by atoms with Crippen LogP contribution in [0.25, 0.3) is 21.9 Å². The summed E-state index contributed by atoms with van der Waals surface area (Å²) in [6.07, 6.45) is 0. The minimum atomic E-state index is -1.01. The first-order valence-electron chi connectivity index (χ1n) is 10.3. The number of imidazole rings is 1. The van der Waals surface area contributed by atoms with Gasteiger partial charge in [0.05, 0.1) is 30.3 Å². The van der Waals surface area contributed by atoms with Crippen LogP contribution in [0.2, 0.25) is 0 Å². The fourth-order valence-electron chi connectivity index (χ4n) is 3.28. The quantitative estimate of drug-likeness (QED) is 0.455. The van der Waals surface area contributed by atoms with Gasteiger partial charge in [0.1, 0.15) is 31.2 Å². The van der Waals surface area contributed by atoms with Gasteiger partial charge in [0.2, 0.25) is 0 Å². The van der Waals surface area contributed by atoms with E-state index in [4.69, 9.17) is 14.5 Å². The summed E-state index contributed by atoms with van der Waals surface area (Å²) in [4.78, 5) is 32.9. The van der Waals surface area contributed by atoms with E-state index < -0.39 is 17.5 Å². The molecule has 1 aromatic carbocycles. The van der Waals surface area contributed by atoms with Crippen LogP contribution in [0.5, 0.6) is 0 Å². The summed E-state index contributed by atoms with van der Waals surface area (Å²) in [5.74, 6) is -0.187. The molecule has 2 heterocycles. The third-order valence-corrected chi connectivity index (χ3v) is 4.58. The molecule has 0 spiro atoms. The van der Waals surface area contributed by atoms with E-state index in [-0.39, 0.29) is 32.2 Å². The normalized spacial score (nSPS) is 11.8. The van der Waals surface area contributed by atoms with Crippen molar-refractivity contribution in [2.75, 3.05) is 32.2 Å². The number of nitrogens with zero attached hydrogens (tertiary/aromatic N) is 3. The first-order valence-corrected chi connectivity index (χ1v) is 10.3. The van der Waals surface area contributed by atoms with Gasteiger partial charge in [0.15, 0.2) is 5.82 Å². The molecule has 0 aliphatic carbocycles. The van der Waals surface area contributed by atoms with Gasteiger partial charge in [0, 0.05) is 12.0 Å². The van der Waals surface area contributed by atoms with Crippen molar-refractivity contribution in [1.29, 1.82) is 0 Å².